The highest BCUT2D eigenvalue weighted by molar-refractivity contribution is 7.92. The van der Waals surface area contributed by atoms with E-state index in [0.29, 0.717) is 11.4 Å². The van der Waals surface area contributed by atoms with Gasteiger partial charge in [0.15, 0.2) is 0 Å². The quantitative estimate of drug-likeness (QED) is 0.830. The SMILES string of the molecule is Cc1nn(C)cc1NS(=O)(=O)c1ccc(F)c(N)c1. The van der Waals surface area contributed by atoms with Crippen LogP contribution < -0.4 is 10.5 Å². The number of nitrogens with one attached hydrogen (secondary N) is 1. The Balaban J connectivity index is 2.37. The number of aryl methyl sites for hydroxylation is 2. The maximum absolute atomic E-state index is 13.0. The predicted octanol–water partition coefficient (Wildman–Crippen LogP) is 1.25. The van der Waals surface area contributed by atoms with Crippen LogP contribution in [0.3, 0.4) is 0 Å². The second-order valence-corrected chi connectivity index (χ2v) is 5.77. The average Bonchev–Trinajstić information content (AvgIpc) is 2.60. The number of aromatic nitrogens is 2. The number of anilines is 2. The molecule has 0 aliphatic rings. The van der Waals surface area contributed by atoms with Crippen LogP contribution in [-0.2, 0) is 17.1 Å². The molecule has 0 aliphatic heterocycles. The highest BCUT2D eigenvalue weighted by Crippen LogP contribution is 2.21. The summed E-state index contributed by atoms with van der Waals surface area (Å²) in [5.41, 5.74) is 6.05. The number of hydrogen-bond donors (Lipinski definition) is 2. The van der Waals surface area contributed by atoms with Gasteiger partial charge in [-0.2, -0.15) is 5.10 Å². The first-order valence-electron chi connectivity index (χ1n) is 5.37. The lowest BCUT2D eigenvalue weighted by molar-refractivity contribution is 0.600. The lowest BCUT2D eigenvalue weighted by Gasteiger charge is -2.07. The van der Waals surface area contributed by atoms with Crippen molar-refractivity contribution in [1.82, 2.24) is 9.78 Å². The summed E-state index contributed by atoms with van der Waals surface area (Å²) in [4.78, 5) is -0.102. The minimum absolute atomic E-state index is 0.102. The van der Waals surface area contributed by atoms with Crippen LogP contribution in [0.2, 0.25) is 0 Å². The Kier molecular flexibility index (Phi) is 3.19. The molecular weight excluding hydrogens is 271 g/mol. The van der Waals surface area contributed by atoms with Crippen molar-refractivity contribution in [2.75, 3.05) is 10.5 Å². The van der Waals surface area contributed by atoms with Gasteiger partial charge in [0.2, 0.25) is 0 Å². The molecule has 6 nitrogen and oxygen atoms in total. The van der Waals surface area contributed by atoms with Crippen molar-refractivity contribution in [3.8, 4) is 0 Å². The number of rotatable bonds is 3. The molecule has 2 aromatic rings. The van der Waals surface area contributed by atoms with E-state index in [9.17, 15) is 12.8 Å². The van der Waals surface area contributed by atoms with Crippen LogP contribution in [-0.4, -0.2) is 18.2 Å². The zero-order valence-electron chi connectivity index (χ0n) is 10.4. The second kappa shape index (κ2) is 4.54. The lowest BCUT2D eigenvalue weighted by Crippen LogP contribution is -2.13. The molecule has 8 heteroatoms. The van der Waals surface area contributed by atoms with E-state index in [1.807, 2.05) is 0 Å². The molecule has 2 rings (SSSR count). The summed E-state index contributed by atoms with van der Waals surface area (Å²) in [6.45, 7) is 1.68. The van der Waals surface area contributed by atoms with Gasteiger partial charge in [0.1, 0.15) is 5.82 Å². The zero-order chi connectivity index (χ0) is 14.2. The molecular formula is C11H13FN4O2S. The van der Waals surface area contributed by atoms with Gasteiger partial charge in [-0.3, -0.25) is 9.40 Å². The van der Waals surface area contributed by atoms with Crippen LogP contribution >= 0.6 is 0 Å². The third-order valence-corrected chi connectivity index (χ3v) is 3.90. The first kappa shape index (κ1) is 13.3. The van der Waals surface area contributed by atoms with E-state index < -0.39 is 15.8 Å². The summed E-state index contributed by atoms with van der Waals surface area (Å²) in [6, 6.07) is 3.24. The number of hydrogen-bond acceptors (Lipinski definition) is 4. The van der Waals surface area contributed by atoms with Crippen LogP contribution in [0.4, 0.5) is 15.8 Å². The molecule has 0 saturated carbocycles. The van der Waals surface area contributed by atoms with E-state index in [4.69, 9.17) is 5.73 Å². The van der Waals surface area contributed by atoms with E-state index >= 15 is 0 Å². The highest BCUT2D eigenvalue weighted by atomic mass is 32.2. The Hall–Kier alpha value is -2.09. The number of sulfonamides is 1. The minimum Gasteiger partial charge on any atom is -0.396 e. The van der Waals surface area contributed by atoms with Crippen LogP contribution in [0, 0.1) is 12.7 Å². The second-order valence-electron chi connectivity index (χ2n) is 4.09. The fourth-order valence-electron chi connectivity index (χ4n) is 1.59. The van der Waals surface area contributed by atoms with Gasteiger partial charge >= 0.3 is 0 Å². The molecule has 1 heterocycles. The first-order chi connectivity index (χ1) is 8.79. The van der Waals surface area contributed by atoms with Gasteiger partial charge in [0, 0.05) is 13.2 Å². The summed E-state index contributed by atoms with van der Waals surface area (Å²) in [6.07, 6.45) is 1.54. The van der Waals surface area contributed by atoms with Gasteiger partial charge in [-0.15, -0.1) is 0 Å². The summed E-state index contributed by atoms with van der Waals surface area (Å²) < 4.78 is 41.1. The number of halogens is 1. The third-order valence-electron chi connectivity index (χ3n) is 2.54. The normalized spacial score (nSPS) is 11.5. The molecule has 1 aromatic carbocycles. The Labute approximate surface area is 110 Å². The third kappa shape index (κ3) is 2.68. The predicted molar refractivity (Wildman–Crippen MR) is 69.6 cm³/mol. The fourth-order valence-corrected chi connectivity index (χ4v) is 2.73. The molecule has 1 aromatic heterocycles. The van der Waals surface area contributed by atoms with Crippen molar-refractivity contribution < 1.29 is 12.8 Å². The van der Waals surface area contributed by atoms with Crippen LogP contribution in [0.5, 0.6) is 0 Å². The summed E-state index contributed by atoms with van der Waals surface area (Å²) in [7, 11) is -2.13. The van der Waals surface area contributed by atoms with Gasteiger partial charge in [-0.25, -0.2) is 12.8 Å². The van der Waals surface area contributed by atoms with Crippen molar-refractivity contribution in [3.05, 3.63) is 35.9 Å². The van der Waals surface area contributed by atoms with Crippen molar-refractivity contribution in [1.29, 1.82) is 0 Å². The van der Waals surface area contributed by atoms with Gasteiger partial charge in [0.05, 0.1) is 22.0 Å². The Morgan fingerprint density at radius 3 is 2.63 bits per heavy atom. The summed E-state index contributed by atoms with van der Waals surface area (Å²) in [5.74, 6) is -0.656. The number of benzene rings is 1. The average molecular weight is 284 g/mol. The summed E-state index contributed by atoms with van der Waals surface area (Å²) in [5, 5.41) is 4.03. The molecule has 19 heavy (non-hydrogen) atoms. The van der Waals surface area contributed by atoms with Gasteiger partial charge in [0.25, 0.3) is 10.0 Å². The molecule has 3 N–H and O–H groups in total. The van der Waals surface area contributed by atoms with E-state index in [0.717, 1.165) is 18.2 Å². The Morgan fingerprint density at radius 2 is 2.11 bits per heavy atom. The Morgan fingerprint density at radius 1 is 1.42 bits per heavy atom. The van der Waals surface area contributed by atoms with Gasteiger partial charge < -0.3 is 5.73 Å². The zero-order valence-corrected chi connectivity index (χ0v) is 11.2. The van der Waals surface area contributed by atoms with E-state index in [1.54, 1.807) is 20.2 Å². The molecule has 0 bridgehead atoms. The highest BCUT2D eigenvalue weighted by Gasteiger charge is 2.17. The van der Waals surface area contributed by atoms with Crippen molar-refractivity contribution in [3.63, 3.8) is 0 Å². The molecule has 0 saturated heterocycles. The van der Waals surface area contributed by atoms with Gasteiger partial charge in [-0.05, 0) is 25.1 Å². The molecule has 0 unspecified atom stereocenters. The molecule has 0 spiro atoms. The van der Waals surface area contributed by atoms with E-state index in [2.05, 4.69) is 9.82 Å². The molecule has 0 atom stereocenters. The van der Waals surface area contributed by atoms with Crippen LogP contribution in [0.1, 0.15) is 5.69 Å². The molecule has 0 amide bonds. The number of nitrogens with zero attached hydrogens (tertiary/aromatic N) is 2. The van der Waals surface area contributed by atoms with Gasteiger partial charge in [-0.1, -0.05) is 0 Å². The number of nitrogens with two attached hydrogens (primary N) is 1. The first-order valence-corrected chi connectivity index (χ1v) is 6.86. The minimum atomic E-state index is -3.81. The largest absolute Gasteiger partial charge is 0.396 e. The molecule has 102 valence electrons. The standard InChI is InChI=1S/C11H13FN4O2S/c1-7-11(6-16(2)14-7)15-19(17,18)8-3-4-9(12)10(13)5-8/h3-6,15H,13H2,1-2H3. The van der Waals surface area contributed by atoms with Crippen molar-refractivity contribution in [2.24, 2.45) is 7.05 Å². The number of nitrogen functional groups attached to an aromatic ring is 1. The molecule has 0 aliphatic carbocycles. The Bertz CT molecular complexity index is 724. The van der Waals surface area contributed by atoms with E-state index in [-0.39, 0.29) is 10.6 Å². The van der Waals surface area contributed by atoms with E-state index in [1.165, 1.54) is 4.68 Å². The van der Waals surface area contributed by atoms with Crippen molar-refractivity contribution in [2.45, 2.75) is 11.8 Å². The van der Waals surface area contributed by atoms with Crippen molar-refractivity contribution >= 4 is 21.4 Å². The topological polar surface area (TPSA) is 90.0 Å². The van der Waals surface area contributed by atoms with Crippen LogP contribution in [0.25, 0.3) is 0 Å². The molecule has 0 fully saturated rings. The summed E-state index contributed by atoms with van der Waals surface area (Å²) >= 11 is 0. The lowest BCUT2D eigenvalue weighted by atomic mass is 10.3. The smallest absolute Gasteiger partial charge is 0.262 e. The fraction of sp³-hybridized carbons (Fsp3) is 0.182. The monoisotopic (exact) mass is 284 g/mol. The van der Waals surface area contributed by atoms with Crippen LogP contribution in [0.15, 0.2) is 29.3 Å². The maximum Gasteiger partial charge on any atom is 0.262 e. The maximum atomic E-state index is 13.0. The molecule has 0 radical (unpaired) electrons.